The maximum Gasteiger partial charge on any atom is 0.323 e. The zero-order valence-electron chi connectivity index (χ0n) is 10.8. The highest BCUT2D eigenvalue weighted by Crippen LogP contribution is 2.15. The Labute approximate surface area is 106 Å². The second-order valence-corrected chi connectivity index (χ2v) is 4.58. The Hall–Kier alpha value is -1.63. The molecule has 7 heteroatoms. The minimum Gasteiger partial charge on any atom is -0.463 e. The van der Waals surface area contributed by atoms with E-state index in [1.165, 1.54) is 0 Å². The molecule has 1 aromatic rings. The largest absolute Gasteiger partial charge is 0.463 e. The molecule has 1 aliphatic heterocycles. The Morgan fingerprint density at radius 1 is 1.28 bits per heavy atom. The van der Waals surface area contributed by atoms with E-state index in [1.807, 2.05) is 4.90 Å². The molecule has 0 saturated carbocycles. The molecule has 1 aliphatic rings. The van der Waals surface area contributed by atoms with Gasteiger partial charge in [-0.25, -0.2) is 0 Å². The van der Waals surface area contributed by atoms with Crippen LogP contribution in [-0.2, 0) is 4.74 Å². The van der Waals surface area contributed by atoms with Crippen molar-refractivity contribution >= 4 is 11.9 Å². The lowest BCUT2D eigenvalue weighted by Gasteiger charge is -2.26. The van der Waals surface area contributed by atoms with Crippen LogP contribution in [0.15, 0.2) is 0 Å². The summed E-state index contributed by atoms with van der Waals surface area (Å²) in [6.07, 6.45) is 0. The van der Waals surface area contributed by atoms with Gasteiger partial charge in [0.2, 0.25) is 11.9 Å². The maximum atomic E-state index is 5.67. The van der Waals surface area contributed by atoms with Gasteiger partial charge in [0.15, 0.2) is 0 Å². The fourth-order valence-corrected chi connectivity index (χ4v) is 1.57. The smallest absolute Gasteiger partial charge is 0.323 e. The van der Waals surface area contributed by atoms with E-state index >= 15 is 0 Å². The lowest BCUT2D eigenvalue weighted by Crippen LogP contribution is -2.37. The number of nitrogens with two attached hydrogens (primary N) is 1. The zero-order chi connectivity index (χ0) is 13.0. The van der Waals surface area contributed by atoms with Crippen LogP contribution in [0.25, 0.3) is 0 Å². The van der Waals surface area contributed by atoms with E-state index in [9.17, 15) is 0 Å². The predicted octanol–water partition coefficient (Wildman–Crippen LogP) is 0.325. The summed E-state index contributed by atoms with van der Waals surface area (Å²) in [6.45, 7) is 7.55. The predicted molar refractivity (Wildman–Crippen MR) is 67.6 cm³/mol. The number of nitrogens with zero attached hydrogens (tertiary/aromatic N) is 4. The number of morpholine rings is 1. The van der Waals surface area contributed by atoms with Crippen molar-refractivity contribution < 1.29 is 9.47 Å². The van der Waals surface area contributed by atoms with Crippen LogP contribution in [0.4, 0.5) is 11.9 Å². The fourth-order valence-electron chi connectivity index (χ4n) is 1.57. The molecule has 0 bridgehead atoms. The van der Waals surface area contributed by atoms with Gasteiger partial charge in [0.1, 0.15) is 0 Å². The van der Waals surface area contributed by atoms with Crippen molar-refractivity contribution in [2.75, 3.05) is 43.5 Å². The molecule has 0 amide bonds. The molecule has 1 aromatic heterocycles. The second kappa shape index (κ2) is 5.81. The maximum absolute atomic E-state index is 5.67. The Kier molecular flexibility index (Phi) is 4.14. The Balaban J connectivity index is 2.09. The molecule has 0 unspecified atom stereocenters. The minimum absolute atomic E-state index is 0.185. The number of nitrogen functional groups attached to an aromatic ring is 1. The topological polar surface area (TPSA) is 86.4 Å². The average Bonchev–Trinajstić information content (AvgIpc) is 2.37. The molecule has 100 valence electrons. The van der Waals surface area contributed by atoms with Gasteiger partial charge in [0.05, 0.1) is 19.8 Å². The van der Waals surface area contributed by atoms with Crippen LogP contribution in [0.2, 0.25) is 0 Å². The summed E-state index contributed by atoms with van der Waals surface area (Å²) in [5, 5.41) is 0. The normalized spacial score (nSPS) is 16.1. The van der Waals surface area contributed by atoms with Crippen LogP contribution in [-0.4, -0.2) is 47.9 Å². The zero-order valence-corrected chi connectivity index (χ0v) is 10.8. The first-order valence-electron chi connectivity index (χ1n) is 6.12. The third-order valence-corrected chi connectivity index (χ3v) is 2.46. The van der Waals surface area contributed by atoms with Gasteiger partial charge >= 0.3 is 6.01 Å². The van der Waals surface area contributed by atoms with Crippen molar-refractivity contribution in [3.05, 3.63) is 0 Å². The van der Waals surface area contributed by atoms with Crippen molar-refractivity contribution in [2.45, 2.75) is 13.8 Å². The fraction of sp³-hybridized carbons (Fsp3) is 0.727. The number of hydrogen-bond donors (Lipinski definition) is 1. The first-order valence-corrected chi connectivity index (χ1v) is 6.12. The van der Waals surface area contributed by atoms with E-state index < -0.39 is 0 Å². The van der Waals surface area contributed by atoms with Gasteiger partial charge < -0.3 is 20.1 Å². The molecule has 2 heterocycles. The molecule has 0 aliphatic carbocycles. The number of anilines is 2. The molecule has 18 heavy (non-hydrogen) atoms. The molecule has 0 spiro atoms. The van der Waals surface area contributed by atoms with Gasteiger partial charge in [-0.05, 0) is 5.92 Å². The first-order chi connectivity index (χ1) is 8.65. The van der Waals surface area contributed by atoms with E-state index in [0.29, 0.717) is 31.7 Å². The highest BCUT2D eigenvalue weighted by Gasteiger charge is 2.16. The molecule has 0 atom stereocenters. The van der Waals surface area contributed by atoms with Gasteiger partial charge in [-0.1, -0.05) is 13.8 Å². The number of ether oxygens (including phenoxy) is 2. The number of rotatable bonds is 4. The first kappa shape index (κ1) is 12.8. The van der Waals surface area contributed by atoms with Crippen LogP contribution < -0.4 is 15.4 Å². The van der Waals surface area contributed by atoms with Gasteiger partial charge in [-0.3, -0.25) is 0 Å². The van der Waals surface area contributed by atoms with Crippen LogP contribution in [0, 0.1) is 5.92 Å². The van der Waals surface area contributed by atoms with Gasteiger partial charge in [0, 0.05) is 13.1 Å². The van der Waals surface area contributed by atoms with Crippen molar-refractivity contribution in [1.29, 1.82) is 0 Å². The van der Waals surface area contributed by atoms with Crippen LogP contribution in [0.1, 0.15) is 13.8 Å². The van der Waals surface area contributed by atoms with E-state index in [2.05, 4.69) is 28.8 Å². The second-order valence-electron chi connectivity index (χ2n) is 4.58. The van der Waals surface area contributed by atoms with E-state index in [0.717, 1.165) is 13.1 Å². The Morgan fingerprint density at radius 3 is 2.67 bits per heavy atom. The van der Waals surface area contributed by atoms with Crippen molar-refractivity contribution in [2.24, 2.45) is 5.92 Å². The van der Waals surface area contributed by atoms with Gasteiger partial charge in [-0.15, -0.1) is 0 Å². The third-order valence-electron chi connectivity index (χ3n) is 2.46. The monoisotopic (exact) mass is 253 g/mol. The summed E-state index contributed by atoms with van der Waals surface area (Å²) < 4.78 is 10.8. The summed E-state index contributed by atoms with van der Waals surface area (Å²) in [6, 6.07) is 0.290. The van der Waals surface area contributed by atoms with Crippen molar-refractivity contribution in [1.82, 2.24) is 15.0 Å². The highest BCUT2D eigenvalue weighted by atomic mass is 16.5. The lowest BCUT2D eigenvalue weighted by molar-refractivity contribution is 0.122. The quantitative estimate of drug-likeness (QED) is 0.827. The van der Waals surface area contributed by atoms with Crippen LogP contribution in [0.5, 0.6) is 6.01 Å². The molecular weight excluding hydrogens is 234 g/mol. The molecule has 1 saturated heterocycles. The molecule has 1 fully saturated rings. The van der Waals surface area contributed by atoms with Gasteiger partial charge in [-0.2, -0.15) is 15.0 Å². The summed E-state index contributed by atoms with van der Waals surface area (Å²) in [5.74, 6) is 1.16. The minimum atomic E-state index is 0.185. The summed E-state index contributed by atoms with van der Waals surface area (Å²) in [5.41, 5.74) is 5.67. The molecule has 0 radical (unpaired) electrons. The van der Waals surface area contributed by atoms with E-state index in [-0.39, 0.29) is 12.0 Å². The van der Waals surface area contributed by atoms with Crippen molar-refractivity contribution in [3.63, 3.8) is 0 Å². The Morgan fingerprint density at radius 2 is 2.00 bits per heavy atom. The Bertz CT molecular complexity index is 393. The third kappa shape index (κ3) is 3.43. The highest BCUT2D eigenvalue weighted by molar-refractivity contribution is 5.36. The molecule has 2 N–H and O–H groups in total. The molecule has 2 rings (SSSR count). The van der Waals surface area contributed by atoms with Crippen molar-refractivity contribution in [3.8, 4) is 6.01 Å². The van der Waals surface area contributed by atoms with E-state index in [1.54, 1.807) is 0 Å². The lowest BCUT2D eigenvalue weighted by atomic mass is 10.2. The van der Waals surface area contributed by atoms with Gasteiger partial charge in [0.25, 0.3) is 0 Å². The molecule has 0 aromatic carbocycles. The average molecular weight is 253 g/mol. The summed E-state index contributed by atoms with van der Waals surface area (Å²) >= 11 is 0. The standard InChI is InChI=1S/C11H19N5O2/c1-8(2)7-18-11-14-9(12)13-10(15-11)16-3-5-17-6-4-16/h8H,3-7H2,1-2H3,(H2,12,13,14,15). The molecular formula is C11H19N5O2. The summed E-state index contributed by atoms with van der Waals surface area (Å²) in [7, 11) is 0. The van der Waals surface area contributed by atoms with E-state index in [4.69, 9.17) is 15.2 Å². The number of aromatic nitrogens is 3. The molecule has 7 nitrogen and oxygen atoms in total. The van der Waals surface area contributed by atoms with Crippen LogP contribution >= 0.6 is 0 Å². The SMILES string of the molecule is CC(C)COc1nc(N)nc(N2CCOCC2)n1. The van der Waals surface area contributed by atoms with Crippen LogP contribution in [0.3, 0.4) is 0 Å². The summed E-state index contributed by atoms with van der Waals surface area (Å²) in [4.78, 5) is 14.4. The number of hydrogen-bond acceptors (Lipinski definition) is 7.